The van der Waals surface area contributed by atoms with Gasteiger partial charge in [-0.05, 0) is 73.2 Å². The highest BCUT2D eigenvalue weighted by Gasteiger charge is 2.28. The van der Waals surface area contributed by atoms with E-state index in [1.54, 1.807) is 30.5 Å². The molecule has 30 heavy (non-hydrogen) atoms. The number of pyridine rings is 1. The Morgan fingerprint density at radius 1 is 1.37 bits per heavy atom. The Morgan fingerprint density at radius 2 is 2.17 bits per heavy atom. The molecule has 0 amide bonds. The third-order valence-electron chi connectivity index (χ3n) is 5.20. The van der Waals surface area contributed by atoms with Gasteiger partial charge in [0.1, 0.15) is 11.9 Å². The molecular weight excluding hydrogens is 400 g/mol. The van der Waals surface area contributed by atoms with E-state index < -0.39 is 12.1 Å². The minimum absolute atomic E-state index is 0.394. The number of carbonyl (C=O) groups is 1. The Hall–Kier alpha value is -3.36. The molecule has 1 heterocycles. The number of hydrogen-bond donors (Lipinski definition) is 1. The molecule has 2 aromatic carbocycles. The summed E-state index contributed by atoms with van der Waals surface area (Å²) in [7, 11) is 0. The summed E-state index contributed by atoms with van der Waals surface area (Å²) < 4.78 is 6.15. The monoisotopic (exact) mass is 418 g/mol. The maximum Gasteiger partial charge on any atom is 0.328 e. The molecule has 0 radical (unpaired) electrons. The first-order valence-corrected chi connectivity index (χ1v) is 10.0. The Balaban J connectivity index is 1.74. The van der Waals surface area contributed by atoms with E-state index in [2.05, 4.69) is 11.1 Å². The van der Waals surface area contributed by atoms with Crippen molar-refractivity contribution in [1.29, 1.82) is 5.26 Å². The summed E-state index contributed by atoms with van der Waals surface area (Å²) in [6.45, 7) is 1.86. The molecule has 1 aromatic heterocycles. The van der Waals surface area contributed by atoms with E-state index >= 15 is 0 Å². The molecule has 1 aliphatic carbocycles. The third-order valence-corrected chi connectivity index (χ3v) is 5.53. The van der Waals surface area contributed by atoms with Gasteiger partial charge in [0.15, 0.2) is 0 Å². The molecule has 5 nitrogen and oxygen atoms in total. The van der Waals surface area contributed by atoms with E-state index in [0.29, 0.717) is 27.8 Å². The van der Waals surface area contributed by atoms with Gasteiger partial charge in [-0.3, -0.25) is 4.98 Å². The predicted molar refractivity (Wildman–Crippen MR) is 116 cm³/mol. The average molecular weight is 419 g/mol. The predicted octanol–water partition coefficient (Wildman–Crippen LogP) is 5.88. The maximum atomic E-state index is 11.0. The Morgan fingerprint density at radius 3 is 2.87 bits per heavy atom. The van der Waals surface area contributed by atoms with Crippen molar-refractivity contribution in [2.75, 3.05) is 0 Å². The number of rotatable bonds is 6. The molecule has 150 valence electrons. The van der Waals surface area contributed by atoms with Crippen LogP contribution in [0.2, 0.25) is 5.02 Å². The van der Waals surface area contributed by atoms with Crippen LogP contribution in [0.5, 0.6) is 5.75 Å². The van der Waals surface area contributed by atoms with Gasteiger partial charge in [-0.1, -0.05) is 17.7 Å². The van der Waals surface area contributed by atoms with Crippen LogP contribution in [0.1, 0.15) is 54.0 Å². The quantitative estimate of drug-likeness (QED) is 0.505. The van der Waals surface area contributed by atoms with Gasteiger partial charge in [0.2, 0.25) is 0 Å². The van der Waals surface area contributed by atoms with Gasteiger partial charge in [-0.15, -0.1) is 0 Å². The van der Waals surface area contributed by atoms with E-state index in [0.717, 1.165) is 40.9 Å². The molecule has 0 aliphatic heterocycles. The van der Waals surface area contributed by atoms with Gasteiger partial charge in [-0.2, -0.15) is 5.26 Å². The van der Waals surface area contributed by atoms with Crippen molar-refractivity contribution >= 4 is 34.5 Å². The summed E-state index contributed by atoms with van der Waals surface area (Å²) in [6.07, 6.45) is 6.18. The van der Waals surface area contributed by atoms with Crippen molar-refractivity contribution in [3.8, 4) is 11.8 Å². The van der Waals surface area contributed by atoms with E-state index in [1.165, 1.54) is 0 Å². The molecule has 1 aliphatic rings. The van der Waals surface area contributed by atoms with Crippen molar-refractivity contribution in [2.24, 2.45) is 0 Å². The number of halogens is 1. The third kappa shape index (κ3) is 4.00. The van der Waals surface area contributed by atoms with Crippen LogP contribution in [0, 0.1) is 11.3 Å². The summed E-state index contributed by atoms with van der Waals surface area (Å²) >= 11 is 6.32. The van der Waals surface area contributed by atoms with Crippen LogP contribution in [0.3, 0.4) is 0 Å². The fourth-order valence-electron chi connectivity index (χ4n) is 3.71. The zero-order valence-corrected chi connectivity index (χ0v) is 17.1. The fraction of sp³-hybridized carbons (Fsp3) is 0.208. The lowest BCUT2D eigenvalue weighted by Crippen LogP contribution is -2.06. The normalized spacial score (nSPS) is 14.6. The van der Waals surface area contributed by atoms with Gasteiger partial charge in [0, 0.05) is 28.2 Å². The number of benzene rings is 2. The number of fused-ring (bicyclic) bond motifs is 1. The molecule has 0 bridgehead atoms. The van der Waals surface area contributed by atoms with Crippen LogP contribution in [0.25, 0.3) is 17.0 Å². The standard InChI is InChI=1S/C24H19ClN2O3/c1-14(23-16(12-26)3-2-4-20(23)25)30-18-8-9-21-19(11-18)24(15-5-6-15)17(13-27-21)7-10-22(28)29/h2-4,7-11,13-15H,5-6H2,1H3,(H,28,29)/b10-7+. The second-order valence-corrected chi connectivity index (χ2v) is 7.73. The first-order valence-electron chi connectivity index (χ1n) is 9.66. The number of nitrogens with zero attached hydrogens (tertiary/aromatic N) is 2. The molecule has 1 saturated carbocycles. The summed E-state index contributed by atoms with van der Waals surface area (Å²) in [6, 6.07) is 13.1. The van der Waals surface area contributed by atoms with Crippen LogP contribution < -0.4 is 4.74 Å². The lowest BCUT2D eigenvalue weighted by Gasteiger charge is -2.18. The lowest BCUT2D eigenvalue weighted by molar-refractivity contribution is -0.131. The van der Waals surface area contributed by atoms with Crippen LogP contribution in [-0.4, -0.2) is 16.1 Å². The van der Waals surface area contributed by atoms with Crippen LogP contribution in [0.4, 0.5) is 0 Å². The molecule has 3 aromatic rings. The fourth-order valence-corrected chi connectivity index (χ4v) is 4.04. The van der Waals surface area contributed by atoms with Gasteiger partial charge < -0.3 is 9.84 Å². The molecule has 0 saturated heterocycles. The molecule has 4 rings (SSSR count). The van der Waals surface area contributed by atoms with E-state index in [9.17, 15) is 10.1 Å². The van der Waals surface area contributed by atoms with Crippen LogP contribution in [0.15, 0.2) is 48.7 Å². The molecule has 1 unspecified atom stereocenters. The Kier molecular flexibility index (Phi) is 5.43. The highest BCUT2D eigenvalue weighted by atomic mass is 35.5. The van der Waals surface area contributed by atoms with Gasteiger partial charge >= 0.3 is 5.97 Å². The molecule has 1 N–H and O–H groups in total. The summed E-state index contributed by atoms with van der Waals surface area (Å²) in [5.41, 5.74) is 3.89. The highest BCUT2D eigenvalue weighted by Crippen LogP contribution is 2.45. The zero-order chi connectivity index (χ0) is 21.3. The largest absolute Gasteiger partial charge is 0.486 e. The Bertz CT molecular complexity index is 1210. The number of carboxylic acids is 1. The molecule has 1 fully saturated rings. The summed E-state index contributed by atoms with van der Waals surface area (Å²) in [5.74, 6) is 0.0445. The molecule has 6 heteroatoms. The number of ether oxygens (including phenoxy) is 1. The SMILES string of the molecule is CC(Oc1ccc2ncc(/C=C/C(=O)O)c(C3CC3)c2c1)c1c(Cl)cccc1C#N. The van der Waals surface area contributed by atoms with Crippen molar-refractivity contribution < 1.29 is 14.6 Å². The van der Waals surface area contributed by atoms with Crippen LogP contribution in [-0.2, 0) is 4.79 Å². The van der Waals surface area contributed by atoms with Crippen LogP contribution >= 0.6 is 11.6 Å². The van der Waals surface area contributed by atoms with E-state index in [1.807, 2.05) is 25.1 Å². The van der Waals surface area contributed by atoms with Crippen molar-refractivity contribution in [1.82, 2.24) is 4.98 Å². The lowest BCUT2D eigenvalue weighted by atomic mass is 9.98. The van der Waals surface area contributed by atoms with E-state index in [4.69, 9.17) is 21.4 Å². The van der Waals surface area contributed by atoms with Crippen molar-refractivity contribution in [3.63, 3.8) is 0 Å². The first-order chi connectivity index (χ1) is 14.5. The van der Waals surface area contributed by atoms with Gasteiger partial charge in [0.05, 0.1) is 17.1 Å². The minimum atomic E-state index is -0.990. The smallest absolute Gasteiger partial charge is 0.328 e. The second kappa shape index (κ2) is 8.17. The van der Waals surface area contributed by atoms with Gasteiger partial charge in [0.25, 0.3) is 0 Å². The number of aliphatic carboxylic acids is 1. The van der Waals surface area contributed by atoms with Crippen molar-refractivity contribution in [3.05, 3.63) is 75.9 Å². The van der Waals surface area contributed by atoms with E-state index in [-0.39, 0.29) is 0 Å². The van der Waals surface area contributed by atoms with Crippen molar-refractivity contribution in [2.45, 2.75) is 31.8 Å². The first kappa shape index (κ1) is 19.9. The summed E-state index contributed by atoms with van der Waals surface area (Å²) in [5, 5.41) is 19.8. The average Bonchev–Trinajstić information content (AvgIpc) is 3.56. The minimum Gasteiger partial charge on any atom is -0.486 e. The molecular formula is C24H19ClN2O3. The number of hydrogen-bond acceptors (Lipinski definition) is 4. The summed E-state index contributed by atoms with van der Waals surface area (Å²) in [4.78, 5) is 15.4. The topological polar surface area (TPSA) is 83.2 Å². The van der Waals surface area contributed by atoms with Gasteiger partial charge in [-0.25, -0.2) is 4.79 Å². The zero-order valence-electron chi connectivity index (χ0n) is 16.3. The number of carboxylic acid groups (broad SMARTS) is 1. The number of aromatic nitrogens is 1. The molecule has 0 spiro atoms. The Labute approximate surface area is 179 Å². The second-order valence-electron chi connectivity index (χ2n) is 7.32. The highest BCUT2D eigenvalue weighted by molar-refractivity contribution is 6.31. The molecule has 1 atom stereocenters. The maximum absolute atomic E-state index is 11.0. The number of nitriles is 1.